The second-order valence-electron chi connectivity index (χ2n) is 2.11. The summed E-state index contributed by atoms with van der Waals surface area (Å²) in [5, 5.41) is 16.7. The molecule has 0 bridgehead atoms. The first-order valence-corrected chi connectivity index (χ1v) is 2.85. The van der Waals surface area contributed by atoms with Gasteiger partial charge in [-0.2, -0.15) is 10.5 Å². The van der Waals surface area contributed by atoms with E-state index in [2.05, 4.69) is 6.07 Å². The molecule has 0 heterocycles. The summed E-state index contributed by atoms with van der Waals surface area (Å²) in [5.41, 5.74) is 0.765. The van der Waals surface area contributed by atoms with E-state index in [1.807, 2.05) is 12.1 Å². The molecule has 1 aliphatic carbocycles. The van der Waals surface area contributed by atoms with E-state index in [4.69, 9.17) is 10.5 Å². The summed E-state index contributed by atoms with van der Waals surface area (Å²) in [5.74, 6) is 0.0691. The Morgan fingerprint density at radius 2 is 2.33 bits per heavy atom. The molecule has 1 unspecified atom stereocenters. The van der Waals surface area contributed by atoms with Gasteiger partial charge < -0.3 is 0 Å². The maximum Gasteiger partial charge on any atom is 0.0944 e. The van der Waals surface area contributed by atoms with Crippen molar-refractivity contribution in [3.05, 3.63) is 11.6 Å². The van der Waals surface area contributed by atoms with Crippen molar-refractivity contribution in [3.63, 3.8) is 0 Å². The lowest BCUT2D eigenvalue weighted by Gasteiger charge is -1.90. The van der Waals surface area contributed by atoms with Gasteiger partial charge >= 0.3 is 0 Å². The lowest BCUT2D eigenvalue weighted by molar-refractivity contribution is 0.725. The van der Waals surface area contributed by atoms with Gasteiger partial charge in [-0.05, 0) is 12.8 Å². The Bertz CT molecular complexity index is 214. The first-order chi connectivity index (χ1) is 4.36. The van der Waals surface area contributed by atoms with E-state index < -0.39 is 0 Å². The minimum Gasteiger partial charge on any atom is -0.198 e. The van der Waals surface area contributed by atoms with Crippen LogP contribution < -0.4 is 0 Å². The van der Waals surface area contributed by atoms with E-state index in [-0.39, 0.29) is 5.92 Å². The van der Waals surface area contributed by atoms with Crippen LogP contribution in [0.4, 0.5) is 0 Å². The fraction of sp³-hybridized carbons (Fsp3) is 0.429. The van der Waals surface area contributed by atoms with Gasteiger partial charge in [0.15, 0.2) is 0 Å². The predicted octanol–water partition coefficient (Wildman–Crippen LogP) is 1.37. The van der Waals surface area contributed by atoms with Crippen LogP contribution in [0.15, 0.2) is 11.6 Å². The maximum atomic E-state index is 8.39. The average molecular weight is 118 g/mol. The van der Waals surface area contributed by atoms with Crippen LogP contribution in [0, 0.1) is 28.6 Å². The Balaban J connectivity index is 2.55. The standard InChI is InChI=1S/C7H6N2/c8-4-6-1-2-7(3-6)5-9/h1,7H,2-3H2. The smallest absolute Gasteiger partial charge is 0.0944 e. The third-order valence-electron chi connectivity index (χ3n) is 1.44. The maximum absolute atomic E-state index is 8.39. The number of rotatable bonds is 0. The summed E-state index contributed by atoms with van der Waals surface area (Å²) < 4.78 is 0. The average Bonchev–Trinajstić information content (AvgIpc) is 2.34. The van der Waals surface area contributed by atoms with Crippen molar-refractivity contribution in [3.8, 4) is 12.1 Å². The van der Waals surface area contributed by atoms with Crippen molar-refractivity contribution in [2.24, 2.45) is 5.92 Å². The van der Waals surface area contributed by atoms with Crippen molar-refractivity contribution in [2.45, 2.75) is 12.8 Å². The molecular formula is C7H6N2. The normalized spacial score (nSPS) is 24.2. The van der Waals surface area contributed by atoms with Gasteiger partial charge in [0, 0.05) is 5.57 Å². The Labute approximate surface area is 54.0 Å². The van der Waals surface area contributed by atoms with Crippen molar-refractivity contribution < 1.29 is 0 Å². The minimum absolute atomic E-state index is 0.0691. The van der Waals surface area contributed by atoms with Gasteiger partial charge in [0.25, 0.3) is 0 Å². The van der Waals surface area contributed by atoms with Crippen LogP contribution in [0.2, 0.25) is 0 Å². The molecular weight excluding hydrogens is 112 g/mol. The van der Waals surface area contributed by atoms with E-state index >= 15 is 0 Å². The number of allylic oxidation sites excluding steroid dienone is 2. The molecule has 2 heteroatoms. The molecule has 9 heavy (non-hydrogen) atoms. The Kier molecular flexibility index (Phi) is 1.51. The molecule has 1 rings (SSSR count). The third kappa shape index (κ3) is 1.09. The molecule has 0 aromatic heterocycles. The Morgan fingerprint density at radius 3 is 2.67 bits per heavy atom. The van der Waals surface area contributed by atoms with Gasteiger partial charge in [-0.25, -0.2) is 0 Å². The van der Waals surface area contributed by atoms with Crippen LogP contribution in [-0.2, 0) is 0 Å². The second kappa shape index (κ2) is 2.33. The third-order valence-corrected chi connectivity index (χ3v) is 1.44. The molecule has 2 nitrogen and oxygen atoms in total. The van der Waals surface area contributed by atoms with Crippen molar-refractivity contribution >= 4 is 0 Å². The highest BCUT2D eigenvalue weighted by Gasteiger charge is 2.14. The molecule has 44 valence electrons. The molecule has 0 aromatic carbocycles. The fourth-order valence-corrected chi connectivity index (χ4v) is 0.906. The second-order valence-corrected chi connectivity index (χ2v) is 2.11. The van der Waals surface area contributed by atoms with Gasteiger partial charge in [0.05, 0.1) is 18.1 Å². The molecule has 0 saturated carbocycles. The summed E-state index contributed by atoms with van der Waals surface area (Å²) in [4.78, 5) is 0. The highest BCUT2D eigenvalue weighted by Crippen LogP contribution is 2.22. The highest BCUT2D eigenvalue weighted by atomic mass is 14.3. The van der Waals surface area contributed by atoms with Gasteiger partial charge in [-0.1, -0.05) is 6.08 Å². The summed E-state index contributed by atoms with van der Waals surface area (Å²) in [7, 11) is 0. The Hall–Kier alpha value is -1.28. The van der Waals surface area contributed by atoms with E-state index in [1.165, 1.54) is 0 Å². The molecule has 0 radical (unpaired) electrons. The molecule has 0 N–H and O–H groups in total. The zero-order valence-corrected chi connectivity index (χ0v) is 4.96. The van der Waals surface area contributed by atoms with E-state index in [9.17, 15) is 0 Å². The SMILES string of the molecule is N#CC1=CCC(C#N)C1. The summed E-state index contributed by atoms with van der Waals surface area (Å²) in [6.07, 6.45) is 3.26. The summed E-state index contributed by atoms with van der Waals surface area (Å²) in [6.45, 7) is 0. The quantitative estimate of drug-likeness (QED) is 0.482. The molecule has 0 fully saturated rings. The van der Waals surface area contributed by atoms with E-state index in [1.54, 1.807) is 0 Å². The van der Waals surface area contributed by atoms with Crippen molar-refractivity contribution in [1.29, 1.82) is 10.5 Å². The molecule has 0 aromatic rings. The first-order valence-electron chi connectivity index (χ1n) is 2.85. The topological polar surface area (TPSA) is 47.6 Å². The Morgan fingerprint density at radius 1 is 1.56 bits per heavy atom. The number of nitriles is 2. The molecule has 1 aliphatic rings. The molecule has 0 spiro atoms. The molecule has 0 amide bonds. The van der Waals surface area contributed by atoms with Crippen molar-refractivity contribution in [1.82, 2.24) is 0 Å². The predicted molar refractivity (Wildman–Crippen MR) is 32.0 cm³/mol. The zero-order valence-electron chi connectivity index (χ0n) is 4.96. The van der Waals surface area contributed by atoms with Gasteiger partial charge in [0.2, 0.25) is 0 Å². The van der Waals surface area contributed by atoms with E-state index in [0.29, 0.717) is 6.42 Å². The first kappa shape index (κ1) is 5.85. The van der Waals surface area contributed by atoms with Gasteiger partial charge in [-0.3, -0.25) is 0 Å². The van der Waals surface area contributed by atoms with Crippen molar-refractivity contribution in [2.75, 3.05) is 0 Å². The largest absolute Gasteiger partial charge is 0.198 e. The van der Waals surface area contributed by atoms with Crippen LogP contribution in [0.1, 0.15) is 12.8 Å². The van der Waals surface area contributed by atoms with Crippen LogP contribution >= 0.6 is 0 Å². The zero-order chi connectivity index (χ0) is 6.69. The van der Waals surface area contributed by atoms with Crippen LogP contribution in [0.5, 0.6) is 0 Å². The van der Waals surface area contributed by atoms with Crippen LogP contribution in [-0.4, -0.2) is 0 Å². The summed E-state index contributed by atoms with van der Waals surface area (Å²) >= 11 is 0. The summed E-state index contributed by atoms with van der Waals surface area (Å²) in [6, 6.07) is 4.16. The minimum atomic E-state index is 0.0691. The monoisotopic (exact) mass is 118 g/mol. The molecule has 1 atom stereocenters. The highest BCUT2D eigenvalue weighted by molar-refractivity contribution is 5.27. The number of hydrogen-bond donors (Lipinski definition) is 0. The van der Waals surface area contributed by atoms with Crippen LogP contribution in [0.3, 0.4) is 0 Å². The molecule has 0 aliphatic heterocycles. The lowest BCUT2D eigenvalue weighted by atomic mass is 10.1. The fourth-order valence-electron chi connectivity index (χ4n) is 0.906. The molecule has 0 saturated heterocycles. The van der Waals surface area contributed by atoms with Crippen LogP contribution in [0.25, 0.3) is 0 Å². The van der Waals surface area contributed by atoms with E-state index in [0.717, 1.165) is 12.0 Å². The lowest BCUT2D eigenvalue weighted by Crippen LogP contribution is -1.87. The number of hydrogen-bond acceptors (Lipinski definition) is 2. The number of nitrogens with zero attached hydrogens (tertiary/aromatic N) is 2. The van der Waals surface area contributed by atoms with Gasteiger partial charge in [0.1, 0.15) is 0 Å². The van der Waals surface area contributed by atoms with Gasteiger partial charge in [-0.15, -0.1) is 0 Å².